The highest BCUT2D eigenvalue weighted by atomic mass is 35.5. The van der Waals surface area contributed by atoms with E-state index in [0.717, 1.165) is 31.9 Å². The molecule has 1 aliphatic rings. The molecule has 0 atom stereocenters. The second kappa shape index (κ2) is 5.73. The van der Waals surface area contributed by atoms with Crippen molar-refractivity contribution in [3.8, 4) is 0 Å². The van der Waals surface area contributed by atoms with E-state index >= 15 is 0 Å². The highest BCUT2D eigenvalue weighted by Gasteiger charge is 2.29. The van der Waals surface area contributed by atoms with E-state index in [9.17, 15) is 18.3 Å². The smallest absolute Gasteiger partial charge is 0.340 e. The van der Waals surface area contributed by atoms with Crippen LogP contribution in [0, 0.1) is 0 Å². The molecule has 0 spiro atoms. The lowest BCUT2D eigenvalue weighted by Crippen LogP contribution is -2.12. The van der Waals surface area contributed by atoms with Crippen LogP contribution in [0.4, 0.5) is 0 Å². The number of aryl methyl sites for hydroxylation is 1. The van der Waals surface area contributed by atoms with Crippen LogP contribution in [0.2, 0.25) is 5.15 Å². The molecule has 8 heteroatoms. The minimum Gasteiger partial charge on any atom is -0.478 e. The summed E-state index contributed by atoms with van der Waals surface area (Å²) in [7, 11) is -3.15. The molecule has 1 heterocycles. The molecule has 0 saturated heterocycles. The van der Waals surface area contributed by atoms with Gasteiger partial charge in [-0.1, -0.05) is 24.4 Å². The number of aromatic nitrogens is 2. The van der Waals surface area contributed by atoms with Crippen LogP contribution in [-0.4, -0.2) is 41.3 Å². The SMILES string of the molecule is CS(=O)(=O)CCn1nc(C2CCCC2)c(C(=O)O)c1Cl. The molecule has 0 radical (unpaired) electrons. The maximum Gasteiger partial charge on any atom is 0.340 e. The lowest BCUT2D eigenvalue weighted by molar-refractivity contribution is 0.0695. The lowest BCUT2D eigenvalue weighted by Gasteiger charge is -2.05. The van der Waals surface area contributed by atoms with E-state index in [4.69, 9.17) is 11.6 Å². The molecule has 20 heavy (non-hydrogen) atoms. The molecule has 1 aliphatic carbocycles. The Bertz CT molecular complexity index is 618. The molecule has 1 aromatic heterocycles. The molecule has 112 valence electrons. The summed E-state index contributed by atoms with van der Waals surface area (Å²) in [5, 5.41) is 13.6. The van der Waals surface area contributed by atoms with E-state index in [0.29, 0.717) is 5.69 Å². The highest BCUT2D eigenvalue weighted by Crippen LogP contribution is 2.37. The predicted molar refractivity (Wildman–Crippen MR) is 75.1 cm³/mol. The first-order valence-corrected chi connectivity index (χ1v) is 8.90. The number of halogens is 1. The molecule has 0 aliphatic heterocycles. The summed E-state index contributed by atoms with van der Waals surface area (Å²) in [6.07, 6.45) is 5.04. The summed E-state index contributed by atoms with van der Waals surface area (Å²) in [6.45, 7) is 0.0741. The number of sulfone groups is 1. The molecule has 6 nitrogen and oxygen atoms in total. The zero-order valence-electron chi connectivity index (χ0n) is 11.2. The van der Waals surface area contributed by atoms with Crippen LogP contribution in [0.1, 0.15) is 47.7 Å². The number of aromatic carboxylic acids is 1. The molecule has 1 fully saturated rings. The minimum absolute atomic E-state index is 0.0167. The van der Waals surface area contributed by atoms with Gasteiger partial charge in [-0.05, 0) is 12.8 Å². The number of carbonyl (C=O) groups is 1. The first-order valence-electron chi connectivity index (χ1n) is 6.47. The van der Waals surface area contributed by atoms with E-state index in [1.165, 1.54) is 4.68 Å². The van der Waals surface area contributed by atoms with Gasteiger partial charge in [0.05, 0.1) is 18.0 Å². The maximum absolute atomic E-state index is 11.4. The molecule has 0 aromatic carbocycles. The van der Waals surface area contributed by atoms with Crippen LogP contribution >= 0.6 is 11.6 Å². The molecular formula is C12H17ClN2O4S. The summed E-state index contributed by atoms with van der Waals surface area (Å²) in [5.74, 6) is -1.11. The Hall–Kier alpha value is -1.08. The van der Waals surface area contributed by atoms with Crippen molar-refractivity contribution in [2.75, 3.05) is 12.0 Å². The highest BCUT2D eigenvalue weighted by molar-refractivity contribution is 7.90. The standard InChI is InChI=1S/C12H17ClN2O4S/c1-20(18,19)7-6-15-11(13)9(12(16)17)10(14-15)8-4-2-3-5-8/h8H,2-7H2,1H3,(H,16,17). The van der Waals surface area contributed by atoms with Gasteiger partial charge in [0.1, 0.15) is 20.6 Å². The molecule has 0 unspecified atom stereocenters. The van der Waals surface area contributed by atoms with Gasteiger partial charge < -0.3 is 5.11 Å². The van der Waals surface area contributed by atoms with Gasteiger partial charge in [-0.3, -0.25) is 4.68 Å². The Morgan fingerprint density at radius 2 is 2.05 bits per heavy atom. The van der Waals surface area contributed by atoms with Crippen molar-refractivity contribution in [1.82, 2.24) is 9.78 Å². The zero-order chi connectivity index (χ0) is 14.9. The minimum atomic E-state index is -3.15. The van der Waals surface area contributed by atoms with E-state index in [2.05, 4.69) is 5.10 Å². The summed E-state index contributed by atoms with van der Waals surface area (Å²) < 4.78 is 23.7. The van der Waals surface area contributed by atoms with Crippen LogP contribution in [-0.2, 0) is 16.4 Å². The van der Waals surface area contributed by atoms with Crippen LogP contribution in [0.25, 0.3) is 0 Å². The molecule has 0 amide bonds. The van der Waals surface area contributed by atoms with Crippen LogP contribution in [0.3, 0.4) is 0 Å². The Kier molecular flexibility index (Phi) is 4.39. The third kappa shape index (κ3) is 3.32. The largest absolute Gasteiger partial charge is 0.478 e. The summed E-state index contributed by atoms with van der Waals surface area (Å²) in [5.41, 5.74) is 0.514. The average molecular weight is 321 g/mol. The fourth-order valence-corrected chi connectivity index (χ4v) is 3.35. The quantitative estimate of drug-likeness (QED) is 0.895. The van der Waals surface area contributed by atoms with E-state index in [1.54, 1.807) is 0 Å². The third-order valence-corrected chi connectivity index (χ3v) is 4.86. The van der Waals surface area contributed by atoms with Crippen molar-refractivity contribution < 1.29 is 18.3 Å². The topological polar surface area (TPSA) is 89.3 Å². The van der Waals surface area contributed by atoms with Crippen molar-refractivity contribution in [1.29, 1.82) is 0 Å². The number of hydrogen-bond donors (Lipinski definition) is 1. The zero-order valence-corrected chi connectivity index (χ0v) is 12.7. The summed E-state index contributed by atoms with van der Waals surface area (Å²) >= 11 is 6.06. The Morgan fingerprint density at radius 3 is 2.55 bits per heavy atom. The molecular weight excluding hydrogens is 304 g/mol. The first-order chi connectivity index (χ1) is 9.29. The van der Waals surface area contributed by atoms with E-state index < -0.39 is 15.8 Å². The van der Waals surface area contributed by atoms with Crippen molar-refractivity contribution >= 4 is 27.4 Å². The molecule has 0 bridgehead atoms. The van der Waals surface area contributed by atoms with Crippen LogP contribution < -0.4 is 0 Å². The normalized spacial score (nSPS) is 16.7. The van der Waals surface area contributed by atoms with Gasteiger partial charge in [0, 0.05) is 12.2 Å². The van der Waals surface area contributed by atoms with Crippen molar-refractivity contribution in [2.24, 2.45) is 0 Å². The van der Waals surface area contributed by atoms with Gasteiger partial charge in [-0.2, -0.15) is 5.10 Å². The van der Waals surface area contributed by atoms with Gasteiger partial charge in [0.25, 0.3) is 0 Å². The van der Waals surface area contributed by atoms with Crippen molar-refractivity contribution in [2.45, 2.75) is 38.1 Å². The number of nitrogens with zero attached hydrogens (tertiary/aromatic N) is 2. The summed E-state index contributed by atoms with van der Waals surface area (Å²) in [6, 6.07) is 0. The monoisotopic (exact) mass is 320 g/mol. The Balaban J connectivity index is 2.34. The summed E-state index contributed by atoms with van der Waals surface area (Å²) in [4.78, 5) is 11.4. The number of carboxylic acid groups (broad SMARTS) is 1. The predicted octanol–water partition coefficient (Wildman–Crippen LogP) is 1.94. The number of carboxylic acids is 1. The lowest BCUT2D eigenvalue weighted by atomic mass is 10.0. The molecule has 1 N–H and O–H groups in total. The average Bonchev–Trinajstić information content (AvgIpc) is 2.92. The van der Waals surface area contributed by atoms with Gasteiger partial charge in [-0.25, -0.2) is 13.2 Å². The molecule has 2 rings (SSSR count). The first kappa shape index (κ1) is 15.3. The van der Waals surface area contributed by atoms with Crippen LogP contribution in [0.15, 0.2) is 0 Å². The second-order valence-corrected chi connectivity index (χ2v) is 7.81. The van der Waals surface area contributed by atoms with Gasteiger partial charge in [0.2, 0.25) is 0 Å². The van der Waals surface area contributed by atoms with E-state index in [-0.39, 0.29) is 28.9 Å². The van der Waals surface area contributed by atoms with Gasteiger partial charge >= 0.3 is 5.97 Å². The number of hydrogen-bond acceptors (Lipinski definition) is 4. The fraction of sp³-hybridized carbons (Fsp3) is 0.667. The third-order valence-electron chi connectivity index (χ3n) is 3.55. The fourth-order valence-electron chi connectivity index (χ4n) is 2.54. The Morgan fingerprint density at radius 1 is 1.45 bits per heavy atom. The van der Waals surface area contributed by atoms with Gasteiger partial charge in [-0.15, -0.1) is 0 Å². The second-order valence-electron chi connectivity index (χ2n) is 5.19. The van der Waals surface area contributed by atoms with Crippen molar-refractivity contribution in [3.63, 3.8) is 0 Å². The molecule has 1 saturated carbocycles. The maximum atomic E-state index is 11.4. The van der Waals surface area contributed by atoms with Crippen molar-refractivity contribution in [3.05, 3.63) is 16.4 Å². The van der Waals surface area contributed by atoms with E-state index in [1.807, 2.05) is 0 Å². The molecule has 1 aromatic rings. The Labute approximate surface area is 122 Å². The van der Waals surface area contributed by atoms with Crippen LogP contribution in [0.5, 0.6) is 0 Å². The van der Waals surface area contributed by atoms with Gasteiger partial charge in [0.15, 0.2) is 0 Å². The number of rotatable bonds is 5.